The molecule has 0 aromatic heterocycles. The minimum atomic E-state index is -0.175. The third kappa shape index (κ3) is 3.01. The molecule has 1 aliphatic rings. The van der Waals surface area contributed by atoms with Gasteiger partial charge in [-0.25, -0.2) is 0 Å². The highest BCUT2D eigenvalue weighted by Crippen LogP contribution is 2.26. The number of hydrogen-bond donors (Lipinski definition) is 3. The summed E-state index contributed by atoms with van der Waals surface area (Å²) in [5, 5.41) is 14.8. The highest BCUT2D eigenvalue weighted by molar-refractivity contribution is 5.95. The Kier molecular flexibility index (Phi) is 4.45. The zero-order valence-corrected chi connectivity index (χ0v) is 11.4. The van der Waals surface area contributed by atoms with Crippen molar-refractivity contribution in [3.63, 3.8) is 0 Å². The van der Waals surface area contributed by atoms with Crippen LogP contribution in [0.3, 0.4) is 0 Å². The predicted octanol–water partition coefficient (Wildman–Crippen LogP) is 1.34. The van der Waals surface area contributed by atoms with Crippen molar-refractivity contribution in [2.45, 2.75) is 25.3 Å². The Labute approximate surface area is 117 Å². The lowest BCUT2D eigenvalue weighted by molar-refractivity contribution is 0.0933. The van der Waals surface area contributed by atoms with Crippen LogP contribution in [0.15, 0.2) is 29.4 Å². The van der Waals surface area contributed by atoms with Gasteiger partial charge in [-0.1, -0.05) is 17.6 Å². The van der Waals surface area contributed by atoms with Crippen molar-refractivity contribution >= 4 is 11.7 Å². The maximum absolute atomic E-state index is 12.2. The lowest BCUT2D eigenvalue weighted by Crippen LogP contribution is -2.42. The zero-order valence-electron chi connectivity index (χ0n) is 11.4. The van der Waals surface area contributed by atoms with Crippen molar-refractivity contribution in [3.8, 4) is 5.75 Å². The van der Waals surface area contributed by atoms with E-state index in [0.29, 0.717) is 11.3 Å². The van der Waals surface area contributed by atoms with Crippen LogP contribution in [0.1, 0.15) is 29.6 Å². The van der Waals surface area contributed by atoms with Crippen LogP contribution in [-0.2, 0) is 0 Å². The Bertz CT molecular complexity index is 516. The normalized spacial score (nSPS) is 22.6. The molecule has 0 spiro atoms. The maximum Gasteiger partial charge on any atom is 0.251 e. The third-order valence-electron chi connectivity index (χ3n) is 3.66. The van der Waals surface area contributed by atoms with Crippen LogP contribution < -0.4 is 15.8 Å². The monoisotopic (exact) mass is 277 g/mol. The number of oxime groups is 1. The summed E-state index contributed by atoms with van der Waals surface area (Å²) in [7, 11) is 1.56. The fraction of sp³-hybridized carbons (Fsp3) is 0.429. The SMILES string of the molecule is COc1cccc(C(=O)NC2CCCC2C(N)=NO)c1. The number of nitrogens with two attached hydrogens (primary N) is 1. The first-order chi connectivity index (χ1) is 9.65. The lowest BCUT2D eigenvalue weighted by atomic mass is 10.0. The number of amides is 1. The summed E-state index contributed by atoms with van der Waals surface area (Å²) in [6.45, 7) is 0. The second-order valence-electron chi connectivity index (χ2n) is 4.87. The molecular weight excluding hydrogens is 258 g/mol. The summed E-state index contributed by atoms with van der Waals surface area (Å²) < 4.78 is 5.10. The Morgan fingerprint density at radius 3 is 3.00 bits per heavy atom. The van der Waals surface area contributed by atoms with E-state index in [1.165, 1.54) is 0 Å². The van der Waals surface area contributed by atoms with E-state index < -0.39 is 0 Å². The van der Waals surface area contributed by atoms with Crippen LogP contribution in [0, 0.1) is 5.92 Å². The first-order valence-electron chi connectivity index (χ1n) is 6.58. The van der Waals surface area contributed by atoms with E-state index in [9.17, 15) is 4.79 Å². The number of amidine groups is 1. The van der Waals surface area contributed by atoms with Crippen LogP contribution in [0.2, 0.25) is 0 Å². The van der Waals surface area contributed by atoms with Crippen molar-refractivity contribution in [3.05, 3.63) is 29.8 Å². The summed E-state index contributed by atoms with van der Waals surface area (Å²) in [6.07, 6.45) is 2.60. The summed E-state index contributed by atoms with van der Waals surface area (Å²) in [5.41, 5.74) is 6.19. The highest BCUT2D eigenvalue weighted by atomic mass is 16.5. The van der Waals surface area contributed by atoms with Crippen molar-refractivity contribution in [1.82, 2.24) is 5.32 Å². The summed E-state index contributed by atoms with van der Waals surface area (Å²) in [6, 6.07) is 6.87. The fourth-order valence-corrected chi connectivity index (χ4v) is 2.58. The summed E-state index contributed by atoms with van der Waals surface area (Å²) in [5.74, 6) is 0.539. The molecule has 0 saturated heterocycles. The molecule has 1 saturated carbocycles. The Hall–Kier alpha value is -2.24. The highest BCUT2D eigenvalue weighted by Gasteiger charge is 2.31. The molecule has 0 aliphatic heterocycles. The number of rotatable bonds is 4. The molecule has 1 aromatic rings. The lowest BCUT2D eigenvalue weighted by Gasteiger charge is -2.19. The summed E-state index contributed by atoms with van der Waals surface area (Å²) >= 11 is 0. The van der Waals surface area contributed by atoms with E-state index in [2.05, 4.69) is 10.5 Å². The Morgan fingerprint density at radius 2 is 2.30 bits per heavy atom. The van der Waals surface area contributed by atoms with Gasteiger partial charge in [-0.2, -0.15) is 0 Å². The second-order valence-corrected chi connectivity index (χ2v) is 4.87. The molecule has 20 heavy (non-hydrogen) atoms. The number of carbonyl (C=O) groups is 1. The number of hydrogen-bond acceptors (Lipinski definition) is 4. The maximum atomic E-state index is 12.2. The van der Waals surface area contributed by atoms with Crippen LogP contribution in [0.25, 0.3) is 0 Å². The number of ether oxygens (including phenoxy) is 1. The standard InChI is InChI=1S/C14H19N3O3/c1-20-10-5-2-4-9(8-10)14(18)16-12-7-3-6-11(12)13(15)17-19/h2,4-5,8,11-12,19H,3,6-7H2,1H3,(H2,15,17)(H,16,18). The van der Waals surface area contributed by atoms with Crippen molar-refractivity contribution in [2.24, 2.45) is 16.8 Å². The van der Waals surface area contributed by atoms with E-state index in [1.54, 1.807) is 31.4 Å². The van der Waals surface area contributed by atoms with Crippen LogP contribution >= 0.6 is 0 Å². The molecule has 2 atom stereocenters. The van der Waals surface area contributed by atoms with E-state index in [1.807, 2.05) is 0 Å². The number of carbonyl (C=O) groups excluding carboxylic acids is 1. The number of methoxy groups -OCH3 is 1. The molecular formula is C14H19N3O3. The molecule has 1 aromatic carbocycles. The molecule has 1 fully saturated rings. The van der Waals surface area contributed by atoms with Gasteiger partial charge < -0.3 is 21.0 Å². The molecule has 108 valence electrons. The quantitative estimate of drug-likeness (QED) is 0.335. The van der Waals surface area contributed by atoms with Gasteiger partial charge in [0.15, 0.2) is 0 Å². The third-order valence-corrected chi connectivity index (χ3v) is 3.66. The Morgan fingerprint density at radius 1 is 1.50 bits per heavy atom. The van der Waals surface area contributed by atoms with Gasteiger partial charge in [-0.15, -0.1) is 0 Å². The Balaban J connectivity index is 2.07. The first-order valence-corrected chi connectivity index (χ1v) is 6.58. The average molecular weight is 277 g/mol. The molecule has 1 aliphatic carbocycles. The molecule has 0 radical (unpaired) electrons. The van der Waals surface area contributed by atoms with Gasteiger partial charge in [0, 0.05) is 17.5 Å². The first kappa shape index (κ1) is 14.2. The van der Waals surface area contributed by atoms with Crippen molar-refractivity contribution in [2.75, 3.05) is 7.11 Å². The molecule has 2 unspecified atom stereocenters. The second kappa shape index (κ2) is 6.27. The largest absolute Gasteiger partial charge is 0.497 e. The van der Waals surface area contributed by atoms with Crippen molar-refractivity contribution < 1.29 is 14.7 Å². The van der Waals surface area contributed by atoms with Gasteiger partial charge >= 0.3 is 0 Å². The van der Waals surface area contributed by atoms with Crippen LogP contribution in [-0.4, -0.2) is 30.1 Å². The van der Waals surface area contributed by atoms with E-state index in [-0.39, 0.29) is 23.7 Å². The summed E-state index contributed by atoms with van der Waals surface area (Å²) in [4.78, 5) is 12.2. The topological polar surface area (TPSA) is 96.9 Å². The van der Waals surface area contributed by atoms with Crippen LogP contribution in [0.4, 0.5) is 0 Å². The van der Waals surface area contributed by atoms with Crippen molar-refractivity contribution in [1.29, 1.82) is 0 Å². The molecule has 2 rings (SSSR count). The fourth-order valence-electron chi connectivity index (χ4n) is 2.58. The van der Waals surface area contributed by atoms with Gasteiger partial charge in [0.25, 0.3) is 5.91 Å². The molecule has 4 N–H and O–H groups in total. The van der Waals surface area contributed by atoms with Gasteiger partial charge in [0.2, 0.25) is 0 Å². The minimum absolute atomic E-state index is 0.0930. The van der Waals surface area contributed by atoms with Crippen LogP contribution in [0.5, 0.6) is 5.75 Å². The average Bonchev–Trinajstić information content (AvgIpc) is 2.94. The molecule has 6 heteroatoms. The van der Waals surface area contributed by atoms with Gasteiger partial charge in [0.1, 0.15) is 11.6 Å². The minimum Gasteiger partial charge on any atom is -0.497 e. The van der Waals surface area contributed by atoms with E-state index in [4.69, 9.17) is 15.7 Å². The molecule has 1 amide bonds. The smallest absolute Gasteiger partial charge is 0.251 e. The molecule has 0 heterocycles. The molecule has 6 nitrogen and oxygen atoms in total. The van der Waals surface area contributed by atoms with Gasteiger partial charge in [-0.05, 0) is 31.0 Å². The van der Waals surface area contributed by atoms with E-state index in [0.717, 1.165) is 19.3 Å². The molecule has 0 bridgehead atoms. The number of nitrogens with zero attached hydrogens (tertiary/aromatic N) is 1. The van der Waals surface area contributed by atoms with Gasteiger partial charge in [-0.3, -0.25) is 4.79 Å². The zero-order chi connectivity index (χ0) is 14.5. The number of nitrogens with one attached hydrogen (secondary N) is 1. The van der Waals surface area contributed by atoms with E-state index >= 15 is 0 Å². The van der Waals surface area contributed by atoms with Gasteiger partial charge in [0.05, 0.1) is 7.11 Å². The number of benzene rings is 1. The predicted molar refractivity (Wildman–Crippen MR) is 75.0 cm³/mol.